The Labute approximate surface area is 94.8 Å². The summed E-state index contributed by atoms with van der Waals surface area (Å²) in [6.45, 7) is 0. The van der Waals surface area contributed by atoms with Crippen LogP contribution in [0.25, 0.3) is 0 Å². The number of para-hydroxylation sites is 2. The molecular formula is C11H12ClN3. The second-order valence-electron chi connectivity index (χ2n) is 2.95. The Bertz CT molecular complexity index is 417. The quantitative estimate of drug-likeness (QED) is 0.767. The van der Waals surface area contributed by atoms with Gasteiger partial charge in [0.1, 0.15) is 0 Å². The molecule has 1 aromatic heterocycles. The van der Waals surface area contributed by atoms with Gasteiger partial charge in [-0.25, -0.2) is 0 Å². The average molecular weight is 222 g/mol. The van der Waals surface area contributed by atoms with Crippen LogP contribution >= 0.6 is 12.4 Å². The Morgan fingerprint density at radius 2 is 1.67 bits per heavy atom. The summed E-state index contributed by atoms with van der Waals surface area (Å²) in [5, 5.41) is 3.21. The monoisotopic (exact) mass is 221 g/mol. The number of nitrogens with one attached hydrogen (secondary N) is 1. The molecule has 4 heteroatoms. The van der Waals surface area contributed by atoms with Crippen LogP contribution in [-0.4, -0.2) is 4.98 Å². The van der Waals surface area contributed by atoms with Gasteiger partial charge in [0, 0.05) is 18.1 Å². The van der Waals surface area contributed by atoms with Crippen LogP contribution in [0.5, 0.6) is 0 Å². The molecule has 0 aliphatic carbocycles. The first-order valence-electron chi connectivity index (χ1n) is 4.38. The summed E-state index contributed by atoms with van der Waals surface area (Å²) >= 11 is 0. The summed E-state index contributed by atoms with van der Waals surface area (Å²) in [6, 6.07) is 11.4. The van der Waals surface area contributed by atoms with Gasteiger partial charge in [-0.3, -0.25) is 4.98 Å². The van der Waals surface area contributed by atoms with E-state index in [1.165, 1.54) is 0 Å². The van der Waals surface area contributed by atoms with Gasteiger partial charge in [-0.15, -0.1) is 12.4 Å². The molecule has 0 bridgehead atoms. The van der Waals surface area contributed by atoms with Crippen molar-refractivity contribution in [1.29, 1.82) is 0 Å². The van der Waals surface area contributed by atoms with Crippen molar-refractivity contribution in [3.05, 3.63) is 48.8 Å². The number of benzene rings is 1. The molecule has 0 unspecified atom stereocenters. The van der Waals surface area contributed by atoms with Crippen molar-refractivity contribution in [2.45, 2.75) is 0 Å². The third-order valence-corrected chi connectivity index (χ3v) is 1.92. The summed E-state index contributed by atoms with van der Waals surface area (Å²) in [5.41, 5.74) is 8.43. The maximum Gasteiger partial charge on any atom is 0.0617 e. The van der Waals surface area contributed by atoms with Gasteiger partial charge in [0.15, 0.2) is 0 Å². The lowest BCUT2D eigenvalue weighted by atomic mass is 10.2. The lowest BCUT2D eigenvalue weighted by molar-refractivity contribution is 1.32. The Hall–Kier alpha value is -1.74. The highest BCUT2D eigenvalue weighted by molar-refractivity contribution is 5.85. The minimum Gasteiger partial charge on any atom is -0.397 e. The molecule has 1 heterocycles. The fraction of sp³-hybridized carbons (Fsp3) is 0. The van der Waals surface area contributed by atoms with Crippen LogP contribution in [0.3, 0.4) is 0 Å². The maximum atomic E-state index is 5.79. The van der Waals surface area contributed by atoms with E-state index in [0.29, 0.717) is 0 Å². The van der Waals surface area contributed by atoms with Gasteiger partial charge in [0.05, 0.1) is 11.4 Å². The second-order valence-corrected chi connectivity index (χ2v) is 2.95. The lowest BCUT2D eigenvalue weighted by Crippen LogP contribution is -1.95. The highest BCUT2D eigenvalue weighted by Crippen LogP contribution is 2.21. The number of nitrogens with two attached hydrogens (primary N) is 1. The Balaban J connectivity index is 0.00000112. The molecule has 0 amide bonds. The number of nitrogen functional groups attached to an aromatic ring is 1. The standard InChI is InChI=1S/C11H11N3.ClH/c12-10-3-1-2-4-11(10)14-9-5-7-13-8-6-9;/h1-8H,12H2,(H,13,14);1H. The second kappa shape index (κ2) is 5.22. The molecule has 78 valence electrons. The predicted molar refractivity (Wildman–Crippen MR) is 65.6 cm³/mol. The molecule has 3 nitrogen and oxygen atoms in total. The zero-order valence-electron chi connectivity index (χ0n) is 8.05. The molecule has 0 spiro atoms. The molecule has 3 N–H and O–H groups in total. The first-order chi connectivity index (χ1) is 6.86. The summed E-state index contributed by atoms with van der Waals surface area (Å²) in [7, 11) is 0. The fourth-order valence-corrected chi connectivity index (χ4v) is 1.20. The van der Waals surface area contributed by atoms with Gasteiger partial charge in [0.2, 0.25) is 0 Å². The Kier molecular flexibility index (Phi) is 3.94. The topological polar surface area (TPSA) is 50.9 Å². The number of nitrogens with zero attached hydrogens (tertiary/aromatic N) is 1. The van der Waals surface area contributed by atoms with E-state index in [1.807, 2.05) is 36.4 Å². The van der Waals surface area contributed by atoms with Crippen LogP contribution in [0.2, 0.25) is 0 Å². The van der Waals surface area contributed by atoms with Gasteiger partial charge in [0.25, 0.3) is 0 Å². The smallest absolute Gasteiger partial charge is 0.0617 e. The van der Waals surface area contributed by atoms with Gasteiger partial charge < -0.3 is 11.1 Å². The molecule has 0 fully saturated rings. The third kappa shape index (κ3) is 2.86. The molecule has 2 aromatic rings. The molecule has 2 rings (SSSR count). The molecule has 15 heavy (non-hydrogen) atoms. The zero-order chi connectivity index (χ0) is 9.80. The summed E-state index contributed by atoms with van der Waals surface area (Å²) in [6.07, 6.45) is 3.48. The van der Waals surface area contributed by atoms with E-state index in [1.54, 1.807) is 12.4 Å². The van der Waals surface area contributed by atoms with E-state index in [9.17, 15) is 0 Å². The fourth-order valence-electron chi connectivity index (χ4n) is 1.20. The van der Waals surface area contributed by atoms with Crippen LogP contribution in [0.15, 0.2) is 48.8 Å². The Morgan fingerprint density at radius 1 is 1.00 bits per heavy atom. The number of hydrogen-bond acceptors (Lipinski definition) is 3. The molecule has 0 aliphatic rings. The molecular weight excluding hydrogens is 210 g/mol. The van der Waals surface area contributed by atoms with Gasteiger partial charge in [-0.2, -0.15) is 0 Å². The summed E-state index contributed by atoms with van der Waals surface area (Å²) < 4.78 is 0. The first-order valence-corrected chi connectivity index (χ1v) is 4.38. The van der Waals surface area contributed by atoms with Gasteiger partial charge >= 0.3 is 0 Å². The van der Waals surface area contributed by atoms with E-state index >= 15 is 0 Å². The summed E-state index contributed by atoms with van der Waals surface area (Å²) in [4.78, 5) is 3.94. The van der Waals surface area contributed by atoms with Crippen molar-refractivity contribution in [1.82, 2.24) is 4.98 Å². The number of aromatic nitrogens is 1. The van der Waals surface area contributed by atoms with Crippen LogP contribution in [-0.2, 0) is 0 Å². The van der Waals surface area contributed by atoms with Gasteiger partial charge in [-0.1, -0.05) is 12.1 Å². The highest BCUT2D eigenvalue weighted by atomic mass is 35.5. The molecule has 0 saturated carbocycles. The normalized spacial score (nSPS) is 9.07. The van der Waals surface area contributed by atoms with Crippen LogP contribution in [0, 0.1) is 0 Å². The summed E-state index contributed by atoms with van der Waals surface area (Å²) in [5.74, 6) is 0. The van der Waals surface area contributed by atoms with Crippen molar-refractivity contribution in [3.8, 4) is 0 Å². The Morgan fingerprint density at radius 3 is 2.33 bits per heavy atom. The minimum atomic E-state index is 0. The van der Waals surface area contributed by atoms with Gasteiger partial charge in [-0.05, 0) is 24.3 Å². The van der Waals surface area contributed by atoms with Crippen molar-refractivity contribution < 1.29 is 0 Å². The largest absolute Gasteiger partial charge is 0.397 e. The molecule has 0 saturated heterocycles. The molecule has 0 aliphatic heterocycles. The van der Waals surface area contributed by atoms with Crippen molar-refractivity contribution >= 4 is 29.5 Å². The third-order valence-electron chi connectivity index (χ3n) is 1.92. The zero-order valence-corrected chi connectivity index (χ0v) is 8.87. The minimum absolute atomic E-state index is 0. The number of rotatable bonds is 2. The first kappa shape index (κ1) is 11.3. The van der Waals surface area contributed by atoms with E-state index in [0.717, 1.165) is 17.1 Å². The number of halogens is 1. The number of hydrogen-bond donors (Lipinski definition) is 2. The van der Waals surface area contributed by atoms with E-state index in [2.05, 4.69) is 10.3 Å². The van der Waals surface area contributed by atoms with E-state index < -0.39 is 0 Å². The van der Waals surface area contributed by atoms with Crippen molar-refractivity contribution in [2.75, 3.05) is 11.1 Å². The lowest BCUT2D eigenvalue weighted by Gasteiger charge is -2.07. The molecule has 1 aromatic carbocycles. The van der Waals surface area contributed by atoms with Crippen molar-refractivity contribution in [2.24, 2.45) is 0 Å². The molecule has 0 radical (unpaired) electrons. The van der Waals surface area contributed by atoms with Crippen LogP contribution < -0.4 is 11.1 Å². The molecule has 0 atom stereocenters. The SMILES string of the molecule is Cl.Nc1ccccc1Nc1ccncc1. The number of anilines is 3. The average Bonchev–Trinajstić information content (AvgIpc) is 2.23. The van der Waals surface area contributed by atoms with E-state index in [4.69, 9.17) is 5.73 Å². The van der Waals surface area contributed by atoms with E-state index in [-0.39, 0.29) is 12.4 Å². The van der Waals surface area contributed by atoms with Crippen LogP contribution in [0.1, 0.15) is 0 Å². The highest BCUT2D eigenvalue weighted by Gasteiger charge is 1.96. The predicted octanol–water partition coefficient (Wildman–Crippen LogP) is 2.83. The van der Waals surface area contributed by atoms with Crippen LogP contribution in [0.4, 0.5) is 17.1 Å². The van der Waals surface area contributed by atoms with Crippen molar-refractivity contribution in [3.63, 3.8) is 0 Å². The maximum absolute atomic E-state index is 5.79. The number of pyridine rings is 1.